The molecule has 124 valence electrons. The number of hydrogen-bond acceptors (Lipinski definition) is 5. The van der Waals surface area contributed by atoms with E-state index in [1.54, 1.807) is 18.3 Å². The summed E-state index contributed by atoms with van der Waals surface area (Å²) < 4.78 is 0. The molecular formula is C16H22N4O2S. The van der Waals surface area contributed by atoms with Gasteiger partial charge in [0.2, 0.25) is 5.91 Å². The van der Waals surface area contributed by atoms with E-state index in [-0.39, 0.29) is 17.5 Å². The lowest BCUT2D eigenvalue weighted by atomic mass is 10.2. The SMILES string of the molecule is CC(=O)N1CCN(C(C)c2nc3sc(C)c(C)c3c(=O)[nH]2)CC1. The number of aromatic nitrogens is 2. The van der Waals surface area contributed by atoms with Gasteiger partial charge in [-0.25, -0.2) is 4.98 Å². The van der Waals surface area contributed by atoms with Crippen molar-refractivity contribution in [2.24, 2.45) is 0 Å². The number of nitrogens with one attached hydrogen (secondary N) is 1. The second-order valence-electron chi connectivity index (χ2n) is 6.13. The van der Waals surface area contributed by atoms with E-state index < -0.39 is 0 Å². The minimum atomic E-state index is -0.0546. The molecule has 1 atom stereocenters. The molecule has 0 bridgehead atoms. The summed E-state index contributed by atoms with van der Waals surface area (Å²) in [6, 6.07) is 0.0314. The fourth-order valence-electron chi connectivity index (χ4n) is 3.07. The van der Waals surface area contributed by atoms with Gasteiger partial charge < -0.3 is 9.88 Å². The van der Waals surface area contributed by atoms with Crippen LogP contribution >= 0.6 is 11.3 Å². The molecule has 0 aliphatic carbocycles. The summed E-state index contributed by atoms with van der Waals surface area (Å²) in [6.07, 6.45) is 0. The van der Waals surface area contributed by atoms with E-state index in [2.05, 4.69) is 21.8 Å². The molecule has 1 aliphatic rings. The van der Waals surface area contributed by atoms with E-state index in [9.17, 15) is 9.59 Å². The molecule has 23 heavy (non-hydrogen) atoms. The Kier molecular flexibility index (Phi) is 4.25. The Morgan fingerprint density at radius 3 is 2.52 bits per heavy atom. The number of aromatic amines is 1. The average molecular weight is 334 g/mol. The van der Waals surface area contributed by atoms with Crippen LogP contribution in [0.1, 0.15) is 36.2 Å². The van der Waals surface area contributed by atoms with Gasteiger partial charge in [0, 0.05) is 38.0 Å². The molecule has 3 rings (SSSR count). The van der Waals surface area contributed by atoms with E-state index in [1.807, 2.05) is 18.7 Å². The lowest BCUT2D eigenvalue weighted by Crippen LogP contribution is -2.49. The second kappa shape index (κ2) is 6.05. The minimum absolute atomic E-state index is 0.0314. The first-order valence-electron chi connectivity index (χ1n) is 7.88. The Morgan fingerprint density at radius 2 is 1.91 bits per heavy atom. The Bertz CT molecular complexity index is 802. The summed E-state index contributed by atoms with van der Waals surface area (Å²) in [5.41, 5.74) is 0.967. The second-order valence-corrected chi connectivity index (χ2v) is 7.34. The molecule has 0 saturated carbocycles. The zero-order chi connectivity index (χ0) is 16.7. The van der Waals surface area contributed by atoms with Gasteiger partial charge in [-0.1, -0.05) is 0 Å². The summed E-state index contributed by atoms with van der Waals surface area (Å²) >= 11 is 1.57. The third-order valence-electron chi connectivity index (χ3n) is 4.76. The van der Waals surface area contributed by atoms with Crippen molar-refractivity contribution in [3.05, 3.63) is 26.6 Å². The third kappa shape index (κ3) is 2.90. The zero-order valence-corrected chi connectivity index (χ0v) is 14.8. The van der Waals surface area contributed by atoms with Crippen LogP contribution in [0.15, 0.2) is 4.79 Å². The molecule has 1 saturated heterocycles. The summed E-state index contributed by atoms with van der Waals surface area (Å²) in [4.78, 5) is 37.5. The Morgan fingerprint density at radius 1 is 1.26 bits per heavy atom. The van der Waals surface area contributed by atoms with Gasteiger partial charge >= 0.3 is 0 Å². The minimum Gasteiger partial charge on any atom is -0.340 e. The number of amides is 1. The molecule has 1 fully saturated rings. The maximum Gasteiger partial charge on any atom is 0.259 e. The van der Waals surface area contributed by atoms with Gasteiger partial charge in [-0.2, -0.15) is 0 Å². The van der Waals surface area contributed by atoms with Crippen molar-refractivity contribution in [1.82, 2.24) is 19.8 Å². The van der Waals surface area contributed by atoms with E-state index in [1.165, 1.54) is 0 Å². The molecule has 7 heteroatoms. The molecule has 6 nitrogen and oxygen atoms in total. The standard InChI is InChI=1S/C16H22N4O2S/c1-9-11(3)23-16-13(9)15(22)17-14(18-16)10(2)19-5-7-20(8-6-19)12(4)21/h10H,5-8H2,1-4H3,(H,17,18,22). The van der Waals surface area contributed by atoms with Crippen LogP contribution in [0.25, 0.3) is 10.2 Å². The smallest absolute Gasteiger partial charge is 0.259 e. The zero-order valence-electron chi connectivity index (χ0n) is 14.0. The van der Waals surface area contributed by atoms with Crippen molar-refractivity contribution in [3.8, 4) is 0 Å². The third-order valence-corrected chi connectivity index (χ3v) is 5.86. The highest BCUT2D eigenvalue weighted by Gasteiger charge is 2.25. The fraction of sp³-hybridized carbons (Fsp3) is 0.562. The largest absolute Gasteiger partial charge is 0.340 e. The molecule has 3 heterocycles. The highest BCUT2D eigenvalue weighted by Crippen LogP contribution is 2.27. The van der Waals surface area contributed by atoms with Gasteiger partial charge in [0.1, 0.15) is 10.7 Å². The maximum atomic E-state index is 12.4. The number of fused-ring (bicyclic) bond motifs is 1. The number of carbonyl (C=O) groups is 1. The molecular weight excluding hydrogens is 312 g/mol. The van der Waals surface area contributed by atoms with Gasteiger partial charge in [-0.05, 0) is 26.3 Å². The van der Waals surface area contributed by atoms with Crippen LogP contribution in [0.5, 0.6) is 0 Å². The first-order valence-corrected chi connectivity index (χ1v) is 8.69. The van der Waals surface area contributed by atoms with Crippen LogP contribution in [0.3, 0.4) is 0 Å². The number of carbonyl (C=O) groups excluding carboxylic acids is 1. The first-order chi connectivity index (χ1) is 10.9. The van der Waals surface area contributed by atoms with Gasteiger partial charge in [-0.3, -0.25) is 14.5 Å². The van der Waals surface area contributed by atoms with Crippen LogP contribution in [-0.2, 0) is 4.79 Å². The van der Waals surface area contributed by atoms with Crippen LogP contribution in [0.2, 0.25) is 0 Å². The first kappa shape index (κ1) is 16.1. The number of piperazine rings is 1. The van der Waals surface area contributed by atoms with Crippen LogP contribution in [0, 0.1) is 13.8 Å². The van der Waals surface area contributed by atoms with E-state index in [0.29, 0.717) is 11.2 Å². The Labute approximate surface area is 139 Å². The lowest BCUT2D eigenvalue weighted by molar-refractivity contribution is -0.130. The van der Waals surface area contributed by atoms with Gasteiger partial charge in [0.15, 0.2) is 0 Å². The normalized spacial score (nSPS) is 17.7. The van der Waals surface area contributed by atoms with Gasteiger partial charge in [0.05, 0.1) is 11.4 Å². The number of aryl methyl sites for hydroxylation is 2. The van der Waals surface area contributed by atoms with Crippen molar-refractivity contribution in [2.45, 2.75) is 33.7 Å². The fourth-order valence-corrected chi connectivity index (χ4v) is 4.10. The van der Waals surface area contributed by atoms with E-state index in [0.717, 1.165) is 41.5 Å². The Balaban J connectivity index is 1.86. The molecule has 1 amide bonds. The highest BCUT2D eigenvalue weighted by molar-refractivity contribution is 7.18. The van der Waals surface area contributed by atoms with Crippen molar-refractivity contribution in [1.29, 1.82) is 0 Å². The summed E-state index contributed by atoms with van der Waals surface area (Å²) in [5.74, 6) is 0.829. The predicted molar refractivity (Wildman–Crippen MR) is 92.0 cm³/mol. The van der Waals surface area contributed by atoms with Crippen molar-refractivity contribution in [3.63, 3.8) is 0 Å². The van der Waals surface area contributed by atoms with Crippen LogP contribution < -0.4 is 5.56 Å². The molecule has 0 radical (unpaired) electrons. The number of H-pyrrole nitrogens is 1. The summed E-state index contributed by atoms with van der Waals surface area (Å²) in [6.45, 7) is 10.7. The van der Waals surface area contributed by atoms with Crippen molar-refractivity contribution >= 4 is 27.5 Å². The molecule has 0 spiro atoms. The topological polar surface area (TPSA) is 69.3 Å². The molecule has 0 aromatic carbocycles. The van der Waals surface area contributed by atoms with Crippen molar-refractivity contribution in [2.75, 3.05) is 26.2 Å². The molecule has 2 aromatic heterocycles. The van der Waals surface area contributed by atoms with E-state index in [4.69, 9.17) is 0 Å². The number of hydrogen-bond donors (Lipinski definition) is 1. The maximum absolute atomic E-state index is 12.4. The van der Waals surface area contributed by atoms with E-state index >= 15 is 0 Å². The number of nitrogens with zero attached hydrogens (tertiary/aromatic N) is 3. The lowest BCUT2D eigenvalue weighted by Gasteiger charge is -2.37. The summed E-state index contributed by atoms with van der Waals surface area (Å²) in [5, 5.41) is 0.713. The highest BCUT2D eigenvalue weighted by atomic mass is 32.1. The number of thiophene rings is 1. The number of rotatable bonds is 2. The van der Waals surface area contributed by atoms with Crippen molar-refractivity contribution < 1.29 is 4.79 Å². The monoisotopic (exact) mass is 334 g/mol. The molecule has 1 unspecified atom stereocenters. The molecule has 2 aromatic rings. The molecule has 1 N–H and O–H groups in total. The quantitative estimate of drug-likeness (QED) is 0.910. The van der Waals surface area contributed by atoms with Crippen LogP contribution in [0.4, 0.5) is 0 Å². The average Bonchev–Trinajstić information content (AvgIpc) is 2.81. The van der Waals surface area contributed by atoms with Gasteiger partial charge in [-0.15, -0.1) is 11.3 Å². The van der Waals surface area contributed by atoms with Gasteiger partial charge in [0.25, 0.3) is 5.56 Å². The Hall–Kier alpha value is -1.73. The summed E-state index contributed by atoms with van der Waals surface area (Å²) in [7, 11) is 0. The van der Waals surface area contributed by atoms with Crippen LogP contribution in [-0.4, -0.2) is 51.9 Å². The molecule has 1 aliphatic heterocycles. The predicted octanol–water partition coefficient (Wildman–Crippen LogP) is 1.83.